The summed E-state index contributed by atoms with van der Waals surface area (Å²) in [6.45, 7) is 3.46. The van der Waals surface area contributed by atoms with Crippen LogP contribution < -0.4 is 10.1 Å². The van der Waals surface area contributed by atoms with E-state index in [-0.39, 0.29) is 13.2 Å². The van der Waals surface area contributed by atoms with Crippen molar-refractivity contribution in [3.05, 3.63) is 71.8 Å². The van der Waals surface area contributed by atoms with E-state index in [0.717, 1.165) is 21.3 Å². The van der Waals surface area contributed by atoms with E-state index in [4.69, 9.17) is 4.74 Å². The monoisotopic (exact) mass is 495 g/mol. The molecule has 0 aliphatic heterocycles. The van der Waals surface area contributed by atoms with Gasteiger partial charge in [0, 0.05) is 46.8 Å². The molecule has 176 valence electrons. The van der Waals surface area contributed by atoms with Gasteiger partial charge < -0.3 is 20.3 Å². The summed E-state index contributed by atoms with van der Waals surface area (Å²) in [7, 11) is 0. The summed E-state index contributed by atoms with van der Waals surface area (Å²) in [5.74, 6) is 1.68. The van der Waals surface area contributed by atoms with Crippen molar-refractivity contribution in [2.45, 2.75) is 30.2 Å². The Balaban J connectivity index is 1.60. The number of aliphatic hydroxyl groups excluding tert-OH is 2. The van der Waals surface area contributed by atoms with Crippen LogP contribution in [0.3, 0.4) is 0 Å². The lowest BCUT2D eigenvalue weighted by Gasteiger charge is -2.23. The van der Waals surface area contributed by atoms with E-state index >= 15 is 0 Å². The van der Waals surface area contributed by atoms with Gasteiger partial charge >= 0.3 is 0 Å². The van der Waals surface area contributed by atoms with Gasteiger partial charge in [-0.05, 0) is 31.2 Å². The standard InChI is InChI=1S/C24H25N5O3S2/c1-16-19(6-5-9-25-16)32-20-10-18(34-21-7-3-4-8-26-21)12-27-22(20)29-23-28-17(13-33-23)11-24(2,14-30)15-31/h3-10,12-13,30-31H,11,14-15H2,1-2H3,(H,27,28,29). The Morgan fingerprint density at radius 2 is 1.88 bits per heavy atom. The molecule has 4 heterocycles. The van der Waals surface area contributed by atoms with Crippen LogP contribution in [0.4, 0.5) is 10.9 Å². The van der Waals surface area contributed by atoms with Gasteiger partial charge in [-0.15, -0.1) is 11.3 Å². The highest BCUT2D eigenvalue weighted by molar-refractivity contribution is 7.99. The number of pyridine rings is 3. The third-order valence-electron chi connectivity index (χ3n) is 5.01. The molecule has 0 aromatic carbocycles. The molecule has 0 atom stereocenters. The molecule has 0 amide bonds. The van der Waals surface area contributed by atoms with Gasteiger partial charge in [0.25, 0.3) is 0 Å². The van der Waals surface area contributed by atoms with Gasteiger partial charge in [-0.1, -0.05) is 24.8 Å². The minimum absolute atomic E-state index is 0.122. The molecule has 4 aromatic rings. The second-order valence-electron chi connectivity index (χ2n) is 8.05. The molecule has 4 rings (SSSR count). The normalized spacial score (nSPS) is 11.4. The molecule has 0 saturated carbocycles. The lowest BCUT2D eigenvalue weighted by molar-refractivity contribution is 0.0697. The van der Waals surface area contributed by atoms with Crippen LogP contribution in [-0.2, 0) is 6.42 Å². The Morgan fingerprint density at radius 1 is 1.06 bits per heavy atom. The highest BCUT2D eigenvalue weighted by Gasteiger charge is 2.24. The number of rotatable bonds is 10. The Hall–Kier alpha value is -3.05. The summed E-state index contributed by atoms with van der Waals surface area (Å²) >= 11 is 2.91. The van der Waals surface area contributed by atoms with Crippen LogP contribution in [0.2, 0.25) is 0 Å². The second kappa shape index (κ2) is 10.9. The lowest BCUT2D eigenvalue weighted by atomic mass is 9.88. The van der Waals surface area contributed by atoms with Crippen molar-refractivity contribution >= 4 is 34.0 Å². The fraction of sp³-hybridized carbons (Fsp3) is 0.250. The van der Waals surface area contributed by atoms with Crippen LogP contribution >= 0.6 is 23.1 Å². The maximum Gasteiger partial charge on any atom is 0.188 e. The molecule has 0 aliphatic rings. The first kappa shape index (κ1) is 24.1. The third-order valence-corrected chi connectivity index (χ3v) is 6.73. The van der Waals surface area contributed by atoms with Gasteiger partial charge in [-0.25, -0.2) is 15.0 Å². The van der Waals surface area contributed by atoms with Crippen molar-refractivity contribution in [2.75, 3.05) is 18.5 Å². The van der Waals surface area contributed by atoms with E-state index in [1.165, 1.54) is 23.1 Å². The number of thiazole rings is 1. The number of hydrogen-bond acceptors (Lipinski definition) is 10. The molecule has 10 heteroatoms. The Labute approximate surface area is 206 Å². The number of nitrogens with one attached hydrogen (secondary N) is 1. The van der Waals surface area contributed by atoms with Crippen LogP contribution in [0, 0.1) is 12.3 Å². The summed E-state index contributed by atoms with van der Waals surface area (Å²) in [4.78, 5) is 18.7. The van der Waals surface area contributed by atoms with Crippen molar-refractivity contribution in [1.82, 2.24) is 19.9 Å². The molecule has 4 aromatic heterocycles. The maximum atomic E-state index is 9.58. The summed E-state index contributed by atoms with van der Waals surface area (Å²) in [5.41, 5.74) is 0.922. The van der Waals surface area contributed by atoms with Crippen molar-refractivity contribution in [3.63, 3.8) is 0 Å². The molecule has 0 saturated heterocycles. The molecule has 0 aliphatic carbocycles. The molecule has 0 spiro atoms. The number of aromatic nitrogens is 4. The average molecular weight is 496 g/mol. The summed E-state index contributed by atoms with van der Waals surface area (Å²) in [6, 6.07) is 11.3. The number of ether oxygens (including phenoxy) is 1. The average Bonchev–Trinajstić information content (AvgIpc) is 3.29. The molecular weight excluding hydrogens is 470 g/mol. The van der Waals surface area contributed by atoms with Crippen LogP contribution in [0.5, 0.6) is 11.5 Å². The molecule has 3 N–H and O–H groups in total. The number of anilines is 2. The van der Waals surface area contributed by atoms with Gasteiger partial charge in [-0.2, -0.15) is 0 Å². The van der Waals surface area contributed by atoms with Crippen LogP contribution in [-0.4, -0.2) is 43.4 Å². The zero-order valence-corrected chi connectivity index (χ0v) is 20.4. The molecule has 8 nitrogen and oxygen atoms in total. The van der Waals surface area contributed by atoms with Crippen molar-refractivity contribution < 1.29 is 14.9 Å². The van der Waals surface area contributed by atoms with Crippen LogP contribution in [0.1, 0.15) is 18.3 Å². The second-order valence-corrected chi connectivity index (χ2v) is 10.0. The zero-order valence-electron chi connectivity index (χ0n) is 18.8. The minimum Gasteiger partial charge on any atom is -0.452 e. The fourth-order valence-corrected chi connectivity index (χ4v) is 4.51. The first-order valence-corrected chi connectivity index (χ1v) is 12.3. The minimum atomic E-state index is -0.625. The number of hydrogen-bond donors (Lipinski definition) is 3. The zero-order chi connectivity index (χ0) is 24.0. The van der Waals surface area contributed by atoms with Gasteiger partial charge in [0.1, 0.15) is 10.8 Å². The van der Waals surface area contributed by atoms with E-state index in [9.17, 15) is 10.2 Å². The SMILES string of the molecule is Cc1ncccc1Oc1cc(Sc2ccccn2)cnc1Nc1nc(CC(C)(CO)CO)cs1. The van der Waals surface area contributed by atoms with Crippen molar-refractivity contribution in [2.24, 2.45) is 5.41 Å². The van der Waals surface area contributed by atoms with Crippen molar-refractivity contribution in [3.8, 4) is 11.5 Å². The summed E-state index contributed by atoms with van der Waals surface area (Å²) < 4.78 is 6.20. The molecule has 0 fully saturated rings. The molecule has 0 bridgehead atoms. The number of nitrogens with zero attached hydrogens (tertiary/aromatic N) is 4. The molecule has 34 heavy (non-hydrogen) atoms. The van der Waals surface area contributed by atoms with E-state index in [1.807, 2.05) is 55.6 Å². The van der Waals surface area contributed by atoms with E-state index in [0.29, 0.717) is 28.9 Å². The van der Waals surface area contributed by atoms with Crippen LogP contribution in [0.25, 0.3) is 0 Å². The van der Waals surface area contributed by atoms with Gasteiger partial charge in [-0.3, -0.25) is 4.98 Å². The largest absolute Gasteiger partial charge is 0.452 e. The molecular formula is C24H25N5O3S2. The Bertz CT molecular complexity index is 1230. The lowest BCUT2D eigenvalue weighted by Crippen LogP contribution is -2.28. The summed E-state index contributed by atoms with van der Waals surface area (Å²) in [5, 5.41) is 25.8. The maximum absolute atomic E-state index is 9.58. The van der Waals surface area contributed by atoms with Crippen molar-refractivity contribution in [1.29, 1.82) is 0 Å². The van der Waals surface area contributed by atoms with Gasteiger partial charge in [0.15, 0.2) is 16.7 Å². The smallest absolute Gasteiger partial charge is 0.188 e. The topological polar surface area (TPSA) is 113 Å². The fourth-order valence-electron chi connectivity index (χ4n) is 3.02. The third kappa shape index (κ3) is 6.09. The van der Waals surface area contributed by atoms with E-state index in [2.05, 4.69) is 25.3 Å². The summed E-state index contributed by atoms with van der Waals surface area (Å²) in [6.07, 6.45) is 5.69. The highest BCUT2D eigenvalue weighted by atomic mass is 32.2. The Kier molecular flexibility index (Phi) is 7.73. The molecule has 0 radical (unpaired) electrons. The first-order valence-electron chi connectivity index (χ1n) is 10.6. The van der Waals surface area contributed by atoms with E-state index < -0.39 is 5.41 Å². The van der Waals surface area contributed by atoms with Gasteiger partial charge in [0.05, 0.1) is 24.6 Å². The quantitative estimate of drug-likeness (QED) is 0.284. The highest BCUT2D eigenvalue weighted by Crippen LogP contribution is 2.36. The van der Waals surface area contributed by atoms with E-state index in [1.54, 1.807) is 18.6 Å². The van der Waals surface area contributed by atoms with Gasteiger partial charge in [0.2, 0.25) is 0 Å². The molecule has 0 unspecified atom stereocenters. The predicted molar refractivity (Wildman–Crippen MR) is 133 cm³/mol. The number of aryl methyl sites for hydroxylation is 1. The van der Waals surface area contributed by atoms with Crippen LogP contribution in [0.15, 0.2) is 70.3 Å². The predicted octanol–water partition coefficient (Wildman–Crippen LogP) is 4.86. The first-order chi connectivity index (χ1) is 16.5. The Morgan fingerprint density at radius 3 is 2.62 bits per heavy atom. The number of aliphatic hydroxyl groups is 2.